The number of hydrogen-bond acceptors (Lipinski definition) is 2. The van der Waals surface area contributed by atoms with Gasteiger partial charge in [-0.3, -0.25) is 0 Å². The molecule has 0 heterocycles. The van der Waals surface area contributed by atoms with E-state index in [1.54, 1.807) is 0 Å². The monoisotopic (exact) mass is 275 g/mol. The van der Waals surface area contributed by atoms with Gasteiger partial charge in [0, 0.05) is 0 Å². The molecule has 0 fully saturated rings. The highest BCUT2D eigenvalue weighted by Crippen LogP contribution is 2.20. The maximum Gasteiger partial charge on any atom is 0.411 e. The number of benzene rings is 1. The summed E-state index contributed by atoms with van der Waals surface area (Å²) in [5, 5.41) is 3.22. The van der Waals surface area contributed by atoms with Crippen LogP contribution in [0.15, 0.2) is 24.3 Å². The number of halogens is 3. The van der Waals surface area contributed by atoms with Crippen molar-refractivity contribution >= 4 is 0 Å². The van der Waals surface area contributed by atoms with E-state index in [4.69, 9.17) is 4.74 Å². The molecule has 1 unspecified atom stereocenters. The molecule has 0 amide bonds. The molecule has 5 heteroatoms. The van der Waals surface area contributed by atoms with Crippen LogP contribution in [0.25, 0.3) is 0 Å². The molecule has 19 heavy (non-hydrogen) atoms. The van der Waals surface area contributed by atoms with Gasteiger partial charge in [0.1, 0.15) is 6.61 Å². The number of rotatable bonds is 7. The average molecular weight is 275 g/mol. The highest BCUT2D eigenvalue weighted by Gasteiger charge is 2.28. The highest BCUT2D eigenvalue weighted by atomic mass is 19.4. The molecule has 108 valence electrons. The maximum atomic E-state index is 12.1. The molecule has 2 nitrogen and oxygen atoms in total. The number of ether oxygens (including phenoxy) is 1. The first-order chi connectivity index (χ1) is 8.94. The van der Waals surface area contributed by atoms with Crippen molar-refractivity contribution in [3.8, 4) is 0 Å². The summed E-state index contributed by atoms with van der Waals surface area (Å²) in [6.45, 7) is 3.51. The summed E-state index contributed by atoms with van der Waals surface area (Å²) in [6.07, 6.45) is -3.36. The van der Waals surface area contributed by atoms with E-state index >= 15 is 0 Å². The molecule has 1 atom stereocenters. The third kappa shape index (κ3) is 6.07. The van der Waals surface area contributed by atoms with Crippen LogP contribution in [0.4, 0.5) is 13.2 Å². The van der Waals surface area contributed by atoms with Crippen molar-refractivity contribution in [1.82, 2.24) is 5.32 Å². The minimum absolute atomic E-state index is 0.0182. The van der Waals surface area contributed by atoms with Crippen molar-refractivity contribution in [2.45, 2.75) is 32.5 Å². The standard InChI is InChI=1S/C14H20F3NO/c1-3-8-18-13(9-19-10-14(15,16)17)12-7-5-4-6-11(12)2/h4-7,13,18H,3,8-10H2,1-2H3. The summed E-state index contributed by atoms with van der Waals surface area (Å²) in [6, 6.07) is 7.45. The van der Waals surface area contributed by atoms with E-state index in [0.29, 0.717) is 0 Å². The molecule has 0 saturated heterocycles. The summed E-state index contributed by atoms with van der Waals surface area (Å²) < 4.78 is 41.1. The Morgan fingerprint density at radius 2 is 1.95 bits per heavy atom. The van der Waals surface area contributed by atoms with Gasteiger partial charge in [0.15, 0.2) is 0 Å². The van der Waals surface area contributed by atoms with Crippen molar-refractivity contribution in [3.05, 3.63) is 35.4 Å². The third-order valence-electron chi connectivity index (χ3n) is 2.75. The highest BCUT2D eigenvalue weighted by molar-refractivity contribution is 5.28. The second kappa shape index (κ2) is 7.50. The van der Waals surface area contributed by atoms with Crippen LogP contribution in [0.1, 0.15) is 30.5 Å². The fourth-order valence-corrected chi connectivity index (χ4v) is 1.85. The molecular weight excluding hydrogens is 255 g/mol. The van der Waals surface area contributed by atoms with Gasteiger partial charge in [-0.2, -0.15) is 13.2 Å². The van der Waals surface area contributed by atoms with Gasteiger partial charge in [-0.25, -0.2) is 0 Å². The molecule has 1 rings (SSSR count). The number of hydrogen-bond donors (Lipinski definition) is 1. The zero-order valence-corrected chi connectivity index (χ0v) is 11.3. The molecule has 0 bridgehead atoms. The first-order valence-corrected chi connectivity index (χ1v) is 6.37. The van der Waals surface area contributed by atoms with Crippen molar-refractivity contribution in [3.63, 3.8) is 0 Å². The van der Waals surface area contributed by atoms with Crippen molar-refractivity contribution in [2.75, 3.05) is 19.8 Å². The van der Waals surface area contributed by atoms with E-state index in [2.05, 4.69) is 5.32 Å². The van der Waals surface area contributed by atoms with E-state index in [1.165, 1.54) is 0 Å². The zero-order chi connectivity index (χ0) is 14.3. The SMILES string of the molecule is CCCNC(COCC(F)(F)F)c1ccccc1C. The molecule has 0 spiro atoms. The van der Waals surface area contributed by atoms with Crippen LogP contribution in [-0.2, 0) is 4.74 Å². The Kier molecular flexibility index (Phi) is 6.31. The fraction of sp³-hybridized carbons (Fsp3) is 0.571. The van der Waals surface area contributed by atoms with Gasteiger partial charge in [-0.1, -0.05) is 31.2 Å². The van der Waals surface area contributed by atoms with Crippen LogP contribution >= 0.6 is 0 Å². The Morgan fingerprint density at radius 1 is 1.26 bits per heavy atom. The van der Waals surface area contributed by atoms with Crippen molar-refractivity contribution < 1.29 is 17.9 Å². The molecular formula is C14H20F3NO. The number of alkyl halides is 3. The van der Waals surface area contributed by atoms with Crippen LogP contribution in [0.2, 0.25) is 0 Å². The topological polar surface area (TPSA) is 21.3 Å². The Hall–Kier alpha value is -1.07. The van der Waals surface area contributed by atoms with Crippen LogP contribution in [0.3, 0.4) is 0 Å². The third-order valence-corrected chi connectivity index (χ3v) is 2.75. The first-order valence-electron chi connectivity index (χ1n) is 6.37. The van der Waals surface area contributed by atoms with Gasteiger partial charge in [0.2, 0.25) is 0 Å². The largest absolute Gasteiger partial charge is 0.411 e. The summed E-state index contributed by atoms with van der Waals surface area (Å²) in [5.41, 5.74) is 2.03. The summed E-state index contributed by atoms with van der Waals surface area (Å²) in [4.78, 5) is 0. The summed E-state index contributed by atoms with van der Waals surface area (Å²) in [5.74, 6) is 0. The van der Waals surface area contributed by atoms with E-state index in [9.17, 15) is 13.2 Å². The minimum Gasteiger partial charge on any atom is -0.370 e. The van der Waals surface area contributed by atoms with E-state index in [0.717, 1.165) is 24.1 Å². The van der Waals surface area contributed by atoms with Crippen LogP contribution < -0.4 is 5.32 Å². The predicted octanol–water partition coefficient (Wildman–Crippen LogP) is 3.61. The van der Waals surface area contributed by atoms with Crippen LogP contribution in [0, 0.1) is 6.92 Å². The molecule has 1 aromatic carbocycles. The van der Waals surface area contributed by atoms with Gasteiger partial charge in [-0.05, 0) is 31.0 Å². The molecule has 1 aromatic rings. The van der Waals surface area contributed by atoms with Crippen LogP contribution in [-0.4, -0.2) is 25.9 Å². The molecule has 0 aliphatic rings. The molecule has 1 N–H and O–H groups in total. The summed E-state index contributed by atoms with van der Waals surface area (Å²) in [7, 11) is 0. The molecule has 0 saturated carbocycles. The number of aryl methyl sites for hydroxylation is 1. The molecule has 0 aliphatic carbocycles. The first kappa shape index (κ1) is 16.0. The Bertz CT molecular complexity index is 379. The number of nitrogens with one attached hydrogen (secondary N) is 1. The molecule has 0 aromatic heterocycles. The lowest BCUT2D eigenvalue weighted by molar-refractivity contribution is -0.175. The predicted molar refractivity (Wildman–Crippen MR) is 69.1 cm³/mol. The van der Waals surface area contributed by atoms with Gasteiger partial charge in [0.05, 0.1) is 12.6 Å². The Balaban J connectivity index is 2.64. The Labute approximate surface area is 112 Å². The lowest BCUT2D eigenvalue weighted by Gasteiger charge is -2.21. The fourth-order valence-electron chi connectivity index (χ4n) is 1.85. The second-order valence-corrected chi connectivity index (χ2v) is 4.49. The maximum absolute atomic E-state index is 12.1. The minimum atomic E-state index is -4.28. The van der Waals surface area contributed by atoms with Gasteiger partial charge in [0.25, 0.3) is 0 Å². The lowest BCUT2D eigenvalue weighted by atomic mass is 10.0. The average Bonchev–Trinajstić information content (AvgIpc) is 2.33. The van der Waals surface area contributed by atoms with E-state index in [1.807, 2.05) is 38.1 Å². The summed E-state index contributed by atoms with van der Waals surface area (Å²) >= 11 is 0. The van der Waals surface area contributed by atoms with Gasteiger partial charge in [-0.15, -0.1) is 0 Å². The molecule has 0 radical (unpaired) electrons. The van der Waals surface area contributed by atoms with Crippen LogP contribution in [0.5, 0.6) is 0 Å². The van der Waals surface area contributed by atoms with Crippen molar-refractivity contribution in [2.24, 2.45) is 0 Å². The van der Waals surface area contributed by atoms with Gasteiger partial charge >= 0.3 is 6.18 Å². The normalized spacial score (nSPS) is 13.5. The smallest absolute Gasteiger partial charge is 0.370 e. The zero-order valence-electron chi connectivity index (χ0n) is 11.3. The van der Waals surface area contributed by atoms with E-state index < -0.39 is 12.8 Å². The Morgan fingerprint density at radius 3 is 2.53 bits per heavy atom. The molecule has 0 aliphatic heterocycles. The van der Waals surface area contributed by atoms with Gasteiger partial charge < -0.3 is 10.1 Å². The van der Waals surface area contributed by atoms with E-state index in [-0.39, 0.29) is 12.6 Å². The second-order valence-electron chi connectivity index (χ2n) is 4.49. The lowest BCUT2D eigenvalue weighted by Crippen LogP contribution is -2.29. The quantitative estimate of drug-likeness (QED) is 0.820. The van der Waals surface area contributed by atoms with Crippen molar-refractivity contribution in [1.29, 1.82) is 0 Å².